The zero-order valence-electron chi connectivity index (χ0n) is 13.2. The van der Waals surface area contributed by atoms with Gasteiger partial charge in [0.05, 0.1) is 5.60 Å². The van der Waals surface area contributed by atoms with E-state index in [2.05, 4.69) is 10.5 Å². The minimum Gasteiger partial charge on any atom is -0.388 e. The molecule has 2 atom stereocenters. The number of rotatable bonds is 6. The minimum atomic E-state index is -0.948. The van der Waals surface area contributed by atoms with Gasteiger partial charge in [0.25, 0.3) is 5.91 Å². The van der Waals surface area contributed by atoms with Crippen molar-refractivity contribution in [1.82, 2.24) is 10.5 Å². The molecule has 0 aliphatic carbocycles. The highest BCUT2D eigenvalue weighted by Crippen LogP contribution is 2.21. The van der Waals surface area contributed by atoms with Crippen molar-refractivity contribution in [1.29, 1.82) is 0 Å². The second-order valence-corrected chi connectivity index (χ2v) is 5.79. The summed E-state index contributed by atoms with van der Waals surface area (Å²) in [5.41, 5.74) is 0.121. The molecule has 2 aromatic rings. The minimum absolute atomic E-state index is 0.0880. The van der Waals surface area contributed by atoms with Crippen molar-refractivity contribution in [2.24, 2.45) is 5.92 Å². The Bertz CT molecular complexity index is 620. The Hall–Kier alpha value is -2.14. The van der Waals surface area contributed by atoms with Gasteiger partial charge < -0.3 is 14.9 Å². The fraction of sp³-hybridized carbons (Fsp3) is 0.412. The van der Waals surface area contributed by atoms with E-state index in [0.29, 0.717) is 5.76 Å². The van der Waals surface area contributed by atoms with Crippen LogP contribution in [0.2, 0.25) is 0 Å². The van der Waals surface area contributed by atoms with Crippen molar-refractivity contribution in [3.05, 3.63) is 42.1 Å². The Balaban J connectivity index is 2.01. The molecule has 0 aliphatic heterocycles. The third-order valence-corrected chi connectivity index (χ3v) is 4.08. The molecule has 0 fully saturated rings. The molecule has 2 unspecified atom stereocenters. The zero-order valence-corrected chi connectivity index (χ0v) is 13.2. The third kappa shape index (κ3) is 3.74. The Kier molecular flexibility index (Phi) is 4.98. The average Bonchev–Trinajstić information content (AvgIpc) is 3.02. The van der Waals surface area contributed by atoms with E-state index in [0.717, 1.165) is 12.0 Å². The van der Waals surface area contributed by atoms with E-state index >= 15 is 0 Å². The first-order valence-electron chi connectivity index (χ1n) is 7.46. The molecule has 5 heteroatoms. The summed E-state index contributed by atoms with van der Waals surface area (Å²) in [7, 11) is 0. The highest BCUT2D eigenvalue weighted by Gasteiger charge is 2.28. The van der Waals surface area contributed by atoms with Crippen LogP contribution in [-0.2, 0) is 0 Å². The van der Waals surface area contributed by atoms with E-state index in [1.807, 2.05) is 44.2 Å². The van der Waals surface area contributed by atoms with Gasteiger partial charge in [-0.05, 0) is 12.8 Å². The normalized spacial score (nSPS) is 15.1. The van der Waals surface area contributed by atoms with Gasteiger partial charge in [0, 0.05) is 18.2 Å². The van der Waals surface area contributed by atoms with Gasteiger partial charge in [0.2, 0.25) is 0 Å². The van der Waals surface area contributed by atoms with E-state index in [9.17, 15) is 9.90 Å². The van der Waals surface area contributed by atoms with Crippen molar-refractivity contribution in [2.75, 3.05) is 6.54 Å². The molecule has 2 N–H and O–H groups in total. The maximum atomic E-state index is 12.1. The standard InChI is InChI=1S/C17H22N2O3/c1-4-12(2)17(3,21)11-18-16(20)14-10-15(22-19-14)13-8-6-5-7-9-13/h5-10,12,21H,4,11H2,1-3H3,(H,18,20). The van der Waals surface area contributed by atoms with Crippen LogP contribution in [0.5, 0.6) is 0 Å². The first kappa shape index (κ1) is 16.2. The van der Waals surface area contributed by atoms with Crippen LogP contribution in [0, 0.1) is 5.92 Å². The lowest BCUT2D eigenvalue weighted by molar-refractivity contribution is 0.00584. The fourth-order valence-electron chi connectivity index (χ4n) is 2.08. The molecule has 0 saturated heterocycles. The van der Waals surface area contributed by atoms with Crippen molar-refractivity contribution in [3.8, 4) is 11.3 Å². The van der Waals surface area contributed by atoms with Crippen LogP contribution in [-0.4, -0.2) is 28.3 Å². The highest BCUT2D eigenvalue weighted by atomic mass is 16.5. The molecule has 5 nitrogen and oxygen atoms in total. The first-order valence-corrected chi connectivity index (χ1v) is 7.46. The van der Waals surface area contributed by atoms with E-state index < -0.39 is 5.60 Å². The van der Waals surface area contributed by atoms with E-state index in [1.165, 1.54) is 0 Å². The molecule has 0 spiro atoms. The number of carbonyl (C=O) groups is 1. The summed E-state index contributed by atoms with van der Waals surface area (Å²) in [6.07, 6.45) is 0.838. The van der Waals surface area contributed by atoms with Crippen LogP contribution in [0.15, 0.2) is 40.9 Å². The first-order chi connectivity index (χ1) is 10.4. The van der Waals surface area contributed by atoms with Crippen LogP contribution in [0.4, 0.5) is 0 Å². The summed E-state index contributed by atoms with van der Waals surface area (Å²) in [6.45, 7) is 5.86. The largest absolute Gasteiger partial charge is 0.388 e. The van der Waals surface area contributed by atoms with Gasteiger partial charge in [0.15, 0.2) is 11.5 Å². The lowest BCUT2D eigenvalue weighted by Crippen LogP contribution is -2.45. The highest BCUT2D eigenvalue weighted by molar-refractivity contribution is 5.93. The van der Waals surface area contributed by atoms with Crippen molar-refractivity contribution in [3.63, 3.8) is 0 Å². The van der Waals surface area contributed by atoms with Gasteiger partial charge in [-0.25, -0.2) is 0 Å². The molecule has 0 radical (unpaired) electrons. The summed E-state index contributed by atoms with van der Waals surface area (Å²) in [6, 6.07) is 11.1. The molecule has 118 valence electrons. The molecule has 0 bridgehead atoms. The summed E-state index contributed by atoms with van der Waals surface area (Å²) < 4.78 is 5.20. The summed E-state index contributed by atoms with van der Waals surface area (Å²) in [5, 5.41) is 16.8. The number of aromatic nitrogens is 1. The Labute approximate surface area is 130 Å². The van der Waals surface area contributed by atoms with Crippen LogP contribution in [0.25, 0.3) is 11.3 Å². The lowest BCUT2D eigenvalue weighted by Gasteiger charge is -2.29. The number of amides is 1. The van der Waals surface area contributed by atoms with E-state index in [-0.39, 0.29) is 24.1 Å². The van der Waals surface area contributed by atoms with Gasteiger partial charge in [-0.1, -0.05) is 55.8 Å². The maximum Gasteiger partial charge on any atom is 0.273 e. The molecular weight excluding hydrogens is 280 g/mol. The molecule has 1 amide bonds. The summed E-state index contributed by atoms with van der Waals surface area (Å²) in [5.74, 6) is 0.277. The molecule has 0 aliphatic rings. The quantitative estimate of drug-likeness (QED) is 0.860. The molecule has 1 heterocycles. The van der Waals surface area contributed by atoms with Gasteiger partial charge in [-0.3, -0.25) is 4.79 Å². The lowest BCUT2D eigenvalue weighted by atomic mass is 9.88. The van der Waals surface area contributed by atoms with E-state index in [1.54, 1.807) is 13.0 Å². The van der Waals surface area contributed by atoms with Crippen molar-refractivity contribution >= 4 is 5.91 Å². The molecule has 0 saturated carbocycles. The summed E-state index contributed by atoms with van der Waals surface area (Å²) in [4.78, 5) is 12.1. The van der Waals surface area contributed by atoms with Gasteiger partial charge >= 0.3 is 0 Å². The second kappa shape index (κ2) is 6.75. The Morgan fingerprint density at radius 1 is 1.41 bits per heavy atom. The van der Waals surface area contributed by atoms with Gasteiger partial charge in [-0.2, -0.15) is 0 Å². The topological polar surface area (TPSA) is 75.4 Å². The van der Waals surface area contributed by atoms with E-state index in [4.69, 9.17) is 4.52 Å². The number of hydrogen-bond acceptors (Lipinski definition) is 4. The summed E-state index contributed by atoms with van der Waals surface area (Å²) >= 11 is 0. The number of nitrogens with zero attached hydrogens (tertiary/aromatic N) is 1. The molecular formula is C17H22N2O3. The third-order valence-electron chi connectivity index (χ3n) is 4.08. The smallest absolute Gasteiger partial charge is 0.273 e. The zero-order chi connectivity index (χ0) is 16.2. The Morgan fingerprint density at radius 3 is 2.73 bits per heavy atom. The van der Waals surface area contributed by atoms with Crippen molar-refractivity contribution < 1.29 is 14.4 Å². The second-order valence-electron chi connectivity index (χ2n) is 5.79. The maximum absolute atomic E-state index is 12.1. The molecule has 1 aromatic carbocycles. The molecule has 2 rings (SSSR count). The van der Waals surface area contributed by atoms with Crippen molar-refractivity contribution in [2.45, 2.75) is 32.8 Å². The molecule has 1 aromatic heterocycles. The number of hydrogen-bond donors (Lipinski definition) is 2. The SMILES string of the molecule is CCC(C)C(C)(O)CNC(=O)c1cc(-c2ccccc2)on1. The van der Waals surface area contributed by atoms with Gasteiger partial charge in [0.1, 0.15) is 0 Å². The van der Waals surface area contributed by atoms with Crippen LogP contribution in [0.1, 0.15) is 37.7 Å². The molecule has 22 heavy (non-hydrogen) atoms. The fourth-order valence-corrected chi connectivity index (χ4v) is 2.08. The predicted octanol–water partition coefficient (Wildman–Crippen LogP) is 2.87. The van der Waals surface area contributed by atoms with Crippen LogP contribution in [0.3, 0.4) is 0 Å². The van der Waals surface area contributed by atoms with Crippen LogP contribution < -0.4 is 5.32 Å². The van der Waals surface area contributed by atoms with Crippen LogP contribution >= 0.6 is 0 Å². The predicted molar refractivity (Wildman–Crippen MR) is 84.4 cm³/mol. The number of benzene rings is 1. The monoisotopic (exact) mass is 302 g/mol. The Morgan fingerprint density at radius 2 is 2.09 bits per heavy atom. The number of nitrogens with one attached hydrogen (secondary N) is 1. The number of carbonyl (C=O) groups excluding carboxylic acids is 1. The number of aliphatic hydroxyl groups is 1. The van der Waals surface area contributed by atoms with Gasteiger partial charge in [-0.15, -0.1) is 0 Å². The average molecular weight is 302 g/mol.